The summed E-state index contributed by atoms with van der Waals surface area (Å²) >= 11 is 2.07. The Morgan fingerprint density at radius 3 is 2.48 bits per heavy atom. The van der Waals surface area contributed by atoms with Crippen molar-refractivity contribution in [3.05, 3.63) is 38.0 Å². The molecule has 0 bridgehead atoms. The molecule has 0 spiro atoms. The molecule has 0 aliphatic rings. The second-order valence-electron chi connectivity index (χ2n) is 6.52. The third-order valence-electron chi connectivity index (χ3n) is 3.29. The molecule has 2 aromatic rings. The van der Waals surface area contributed by atoms with E-state index in [0.717, 1.165) is 0 Å². The maximum absolute atomic E-state index is 12.9. The van der Waals surface area contributed by atoms with Crippen molar-refractivity contribution in [1.29, 1.82) is 0 Å². The standard InChI is InChI=1S/C15H16F3N3O4S2/c1-14(2,3)26-5-4-19-12(22)13-20(23)9-6-8(15(16,17)18)7-10(21(24)25)11(9)27-13/h6-7H,4-5H2,1-3H3,(H,19,22). The lowest BCUT2D eigenvalue weighted by atomic mass is 10.2. The number of halogens is 3. The van der Waals surface area contributed by atoms with Gasteiger partial charge in [-0.05, 0) is 11.3 Å². The van der Waals surface area contributed by atoms with Crippen LogP contribution in [0.25, 0.3) is 10.2 Å². The van der Waals surface area contributed by atoms with Crippen molar-refractivity contribution < 1.29 is 27.6 Å². The Hall–Kier alpha value is -2.08. The molecule has 27 heavy (non-hydrogen) atoms. The first-order valence-electron chi connectivity index (χ1n) is 7.65. The van der Waals surface area contributed by atoms with Gasteiger partial charge < -0.3 is 10.5 Å². The van der Waals surface area contributed by atoms with Gasteiger partial charge in [0, 0.05) is 29.2 Å². The molecule has 0 fully saturated rings. The van der Waals surface area contributed by atoms with E-state index in [1.54, 1.807) is 11.8 Å². The molecule has 7 nitrogen and oxygen atoms in total. The third kappa shape index (κ3) is 5.01. The minimum atomic E-state index is -4.86. The molecule has 148 valence electrons. The number of thioether (sulfide) groups is 1. The maximum Gasteiger partial charge on any atom is 0.416 e. The summed E-state index contributed by atoms with van der Waals surface area (Å²) in [5, 5.41) is 25.5. The van der Waals surface area contributed by atoms with Crippen LogP contribution in [0.1, 0.15) is 36.1 Å². The average molecular weight is 423 g/mol. The van der Waals surface area contributed by atoms with Gasteiger partial charge in [0.15, 0.2) is 4.70 Å². The smallest absolute Gasteiger partial charge is 0.416 e. The largest absolute Gasteiger partial charge is 0.617 e. The summed E-state index contributed by atoms with van der Waals surface area (Å²) in [7, 11) is 0. The van der Waals surface area contributed by atoms with Gasteiger partial charge in [-0.3, -0.25) is 14.9 Å². The minimum Gasteiger partial charge on any atom is -0.617 e. The van der Waals surface area contributed by atoms with Crippen molar-refractivity contribution in [1.82, 2.24) is 5.32 Å². The predicted molar refractivity (Wildman–Crippen MR) is 97.0 cm³/mol. The van der Waals surface area contributed by atoms with Crippen LogP contribution in [0.4, 0.5) is 18.9 Å². The van der Waals surface area contributed by atoms with E-state index in [2.05, 4.69) is 5.32 Å². The number of hydrogen-bond acceptors (Lipinski definition) is 6. The van der Waals surface area contributed by atoms with Crippen molar-refractivity contribution in [2.24, 2.45) is 0 Å². The Morgan fingerprint density at radius 1 is 1.33 bits per heavy atom. The molecule has 0 saturated carbocycles. The second-order valence-corrected chi connectivity index (χ2v) is 9.44. The summed E-state index contributed by atoms with van der Waals surface area (Å²) in [5.74, 6) is -0.222. The topological polar surface area (TPSA) is 99.2 Å². The fourth-order valence-corrected chi connectivity index (χ4v) is 3.98. The highest BCUT2D eigenvalue weighted by Crippen LogP contribution is 2.37. The van der Waals surface area contributed by atoms with Crippen LogP contribution in [0.2, 0.25) is 0 Å². The van der Waals surface area contributed by atoms with Gasteiger partial charge >= 0.3 is 17.1 Å². The fourth-order valence-electron chi connectivity index (χ4n) is 2.14. The van der Waals surface area contributed by atoms with Gasteiger partial charge in [-0.2, -0.15) is 24.9 Å². The molecule has 0 unspecified atom stereocenters. The molecule has 1 amide bonds. The number of nitro benzene ring substituents is 1. The first kappa shape index (κ1) is 21.2. The lowest BCUT2D eigenvalue weighted by molar-refractivity contribution is -0.574. The summed E-state index contributed by atoms with van der Waals surface area (Å²) in [5.41, 5.74) is -2.75. The van der Waals surface area contributed by atoms with E-state index in [9.17, 15) is 33.3 Å². The van der Waals surface area contributed by atoms with Gasteiger partial charge in [0.2, 0.25) is 5.52 Å². The molecule has 1 N–H and O–H groups in total. The zero-order valence-electron chi connectivity index (χ0n) is 14.5. The van der Waals surface area contributed by atoms with Gasteiger partial charge in [-0.1, -0.05) is 20.8 Å². The van der Waals surface area contributed by atoms with Crippen molar-refractivity contribution in [3.8, 4) is 0 Å². The Morgan fingerprint density at radius 2 is 1.96 bits per heavy atom. The van der Waals surface area contributed by atoms with Gasteiger partial charge in [0.1, 0.15) is 0 Å². The van der Waals surface area contributed by atoms with E-state index < -0.39 is 38.8 Å². The number of nitrogens with zero attached hydrogens (tertiary/aromatic N) is 2. The number of thiazole rings is 1. The molecular weight excluding hydrogens is 407 g/mol. The molecule has 0 radical (unpaired) electrons. The van der Waals surface area contributed by atoms with Crippen LogP contribution < -0.4 is 10.0 Å². The number of carbonyl (C=O) groups excluding carboxylic acids is 1. The summed E-state index contributed by atoms with van der Waals surface area (Å²) < 4.78 is 38.5. The van der Waals surface area contributed by atoms with E-state index in [1.807, 2.05) is 20.8 Å². The minimum absolute atomic E-state index is 0.00841. The number of amides is 1. The van der Waals surface area contributed by atoms with E-state index in [0.29, 0.717) is 29.2 Å². The van der Waals surface area contributed by atoms with Crippen LogP contribution >= 0.6 is 23.1 Å². The van der Waals surface area contributed by atoms with Crippen molar-refractivity contribution >= 4 is 44.9 Å². The monoisotopic (exact) mass is 423 g/mol. The van der Waals surface area contributed by atoms with Gasteiger partial charge in [-0.25, -0.2) is 0 Å². The Balaban J connectivity index is 2.36. The van der Waals surface area contributed by atoms with Crippen LogP contribution in [-0.2, 0) is 6.18 Å². The van der Waals surface area contributed by atoms with Crippen LogP contribution in [0.15, 0.2) is 12.1 Å². The molecule has 2 rings (SSSR count). The van der Waals surface area contributed by atoms with Gasteiger partial charge in [-0.15, -0.1) is 4.73 Å². The summed E-state index contributed by atoms with van der Waals surface area (Å²) in [6.45, 7) is 6.22. The van der Waals surface area contributed by atoms with Gasteiger partial charge in [0.25, 0.3) is 5.69 Å². The number of non-ortho nitro benzene ring substituents is 1. The number of alkyl halides is 3. The number of nitrogens with one attached hydrogen (secondary N) is 1. The molecule has 0 atom stereocenters. The molecule has 0 saturated heterocycles. The number of carbonyl (C=O) groups is 1. The zero-order chi connectivity index (χ0) is 20.6. The lowest BCUT2D eigenvalue weighted by Gasteiger charge is -2.17. The Bertz CT molecular complexity index is 891. The molecule has 1 heterocycles. The van der Waals surface area contributed by atoms with Gasteiger partial charge in [0.05, 0.1) is 10.5 Å². The van der Waals surface area contributed by atoms with Crippen LogP contribution in [0.5, 0.6) is 0 Å². The first-order valence-corrected chi connectivity index (χ1v) is 9.45. The average Bonchev–Trinajstić information content (AvgIpc) is 2.86. The third-order valence-corrected chi connectivity index (χ3v) is 5.73. The first-order chi connectivity index (χ1) is 12.3. The highest BCUT2D eigenvalue weighted by Gasteiger charge is 2.37. The number of hydrogen-bond donors (Lipinski definition) is 1. The lowest BCUT2D eigenvalue weighted by Crippen LogP contribution is -2.38. The highest BCUT2D eigenvalue weighted by molar-refractivity contribution is 8.00. The quantitative estimate of drug-likeness (QED) is 0.260. The normalized spacial score (nSPS) is 12.4. The molecule has 12 heteroatoms. The second kappa shape index (κ2) is 7.50. The van der Waals surface area contributed by atoms with E-state index in [4.69, 9.17) is 0 Å². The fraction of sp³-hybridized carbons (Fsp3) is 0.467. The SMILES string of the molecule is CC(C)(C)SCCNC(=O)c1sc2c([N+](=O)[O-])cc(C(F)(F)F)cc2[n+]1[O-]. The van der Waals surface area contributed by atoms with Crippen molar-refractivity contribution in [2.75, 3.05) is 12.3 Å². The number of aromatic nitrogens is 1. The van der Waals surface area contributed by atoms with E-state index >= 15 is 0 Å². The molecule has 1 aromatic carbocycles. The maximum atomic E-state index is 12.9. The van der Waals surface area contributed by atoms with E-state index in [1.165, 1.54) is 0 Å². The number of nitro groups is 1. The van der Waals surface area contributed by atoms with Crippen molar-refractivity contribution in [3.63, 3.8) is 0 Å². The number of rotatable bonds is 5. The summed E-state index contributed by atoms with van der Waals surface area (Å²) in [6, 6.07) is 0.874. The van der Waals surface area contributed by atoms with Crippen molar-refractivity contribution in [2.45, 2.75) is 31.7 Å². The highest BCUT2D eigenvalue weighted by atomic mass is 32.2. The molecule has 1 aromatic heterocycles. The molecular formula is C15H16F3N3O4S2. The van der Waals surface area contributed by atoms with Crippen LogP contribution in [0.3, 0.4) is 0 Å². The zero-order valence-corrected chi connectivity index (χ0v) is 16.2. The molecule has 0 aliphatic carbocycles. The molecule has 0 aliphatic heterocycles. The summed E-state index contributed by atoms with van der Waals surface area (Å²) in [4.78, 5) is 22.3. The van der Waals surface area contributed by atoms with Crippen LogP contribution in [0, 0.1) is 15.3 Å². The Labute approximate surface area is 160 Å². The predicted octanol–water partition coefficient (Wildman–Crippen LogP) is 3.72. The van der Waals surface area contributed by atoms with E-state index in [-0.39, 0.29) is 20.7 Å². The number of fused-ring (bicyclic) bond motifs is 1. The van der Waals surface area contributed by atoms with Crippen LogP contribution in [-0.4, -0.2) is 27.9 Å². The summed E-state index contributed by atoms with van der Waals surface area (Å²) in [6.07, 6.45) is -4.86. The Kier molecular flexibility index (Phi) is 5.90. The number of benzene rings is 1.